The van der Waals surface area contributed by atoms with E-state index in [1.807, 2.05) is 6.92 Å². The highest BCUT2D eigenvalue weighted by molar-refractivity contribution is 5.76. The summed E-state index contributed by atoms with van der Waals surface area (Å²) in [7, 11) is 0. The van der Waals surface area contributed by atoms with Crippen LogP contribution in [-0.2, 0) is 14.3 Å². The minimum absolute atomic E-state index is 0.262. The topological polar surface area (TPSA) is 169 Å². The maximum Gasteiger partial charge on any atom is 0.220 e. The first-order valence-corrected chi connectivity index (χ1v) is 12.3. The largest absolute Gasteiger partial charge is 0.394 e. The van der Waals surface area contributed by atoms with Crippen molar-refractivity contribution in [2.24, 2.45) is 0 Å². The number of unbranched alkanes of at least 4 members (excludes halogenated alkanes) is 5. The van der Waals surface area contributed by atoms with Crippen LogP contribution in [0.15, 0.2) is 0 Å². The van der Waals surface area contributed by atoms with Crippen LogP contribution in [0.4, 0.5) is 0 Å². The van der Waals surface area contributed by atoms with Crippen LogP contribution < -0.4 is 5.32 Å². The second-order valence-corrected chi connectivity index (χ2v) is 9.08. The first-order valence-electron chi connectivity index (χ1n) is 12.3. The van der Waals surface area contributed by atoms with Gasteiger partial charge in [-0.25, -0.2) is 0 Å². The maximum atomic E-state index is 12.4. The van der Waals surface area contributed by atoms with Crippen molar-refractivity contribution in [2.45, 2.75) is 120 Å². The highest BCUT2D eigenvalue weighted by atomic mass is 16.7. The predicted molar refractivity (Wildman–Crippen MR) is 121 cm³/mol. The van der Waals surface area contributed by atoms with Gasteiger partial charge in [0.1, 0.15) is 23.9 Å². The Labute approximate surface area is 196 Å². The molecule has 1 amide bonds. The van der Waals surface area contributed by atoms with Crippen LogP contribution in [0.3, 0.4) is 0 Å². The Morgan fingerprint density at radius 3 is 2.39 bits per heavy atom. The number of hydrogen-bond acceptors (Lipinski definition) is 9. The van der Waals surface area contributed by atoms with E-state index in [0.717, 1.165) is 32.1 Å². The lowest BCUT2D eigenvalue weighted by molar-refractivity contribution is -0.304. The molecule has 10 nitrogen and oxygen atoms in total. The summed E-state index contributed by atoms with van der Waals surface area (Å²) in [4.78, 5) is 12.4. The lowest BCUT2D eigenvalue weighted by atomic mass is 9.88. The van der Waals surface area contributed by atoms with Crippen LogP contribution in [0.2, 0.25) is 0 Å². The van der Waals surface area contributed by atoms with Crippen molar-refractivity contribution in [1.82, 2.24) is 5.32 Å². The van der Waals surface area contributed by atoms with E-state index in [4.69, 9.17) is 9.47 Å². The third-order valence-corrected chi connectivity index (χ3v) is 6.15. The number of hydrogen-bond donors (Lipinski definition) is 7. The molecule has 0 aromatic heterocycles. The van der Waals surface area contributed by atoms with E-state index in [0.29, 0.717) is 12.8 Å². The average molecular weight is 480 g/mol. The number of nitrogens with one attached hydrogen (secondary N) is 1. The summed E-state index contributed by atoms with van der Waals surface area (Å²) in [5.74, 6) is -0.269. The summed E-state index contributed by atoms with van der Waals surface area (Å²) >= 11 is 0. The van der Waals surface area contributed by atoms with Gasteiger partial charge >= 0.3 is 0 Å². The third-order valence-electron chi connectivity index (χ3n) is 6.15. The zero-order valence-electron chi connectivity index (χ0n) is 20.1. The van der Waals surface area contributed by atoms with E-state index in [2.05, 4.69) is 12.2 Å². The summed E-state index contributed by atoms with van der Waals surface area (Å²) in [6.07, 6.45) is 1.09. The predicted octanol–water partition coefficient (Wildman–Crippen LogP) is -0.0481. The Morgan fingerprint density at radius 2 is 1.79 bits per heavy atom. The van der Waals surface area contributed by atoms with E-state index in [1.165, 1.54) is 6.42 Å². The fraction of sp³-hybridized carbons (Fsp3) is 0.957. The van der Waals surface area contributed by atoms with Crippen LogP contribution in [-0.4, -0.2) is 98.7 Å². The third kappa shape index (κ3) is 10.1. The van der Waals surface area contributed by atoms with E-state index in [9.17, 15) is 35.4 Å². The summed E-state index contributed by atoms with van der Waals surface area (Å²) in [5, 5.41) is 63.0. The van der Waals surface area contributed by atoms with Gasteiger partial charge in [0, 0.05) is 12.8 Å². The highest BCUT2D eigenvalue weighted by Gasteiger charge is 2.47. The molecule has 33 heavy (non-hydrogen) atoms. The fourth-order valence-electron chi connectivity index (χ4n) is 4.00. The molecular weight excluding hydrogens is 434 g/mol. The highest BCUT2D eigenvalue weighted by Crippen LogP contribution is 2.30. The summed E-state index contributed by atoms with van der Waals surface area (Å²) in [6.45, 7) is 2.44. The monoisotopic (exact) mass is 479 g/mol. The normalized spacial score (nSPS) is 28.3. The minimum Gasteiger partial charge on any atom is -0.394 e. The van der Waals surface area contributed by atoms with E-state index < -0.39 is 55.6 Å². The van der Waals surface area contributed by atoms with Crippen LogP contribution in [0.25, 0.3) is 0 Å². The zero-order chi connectivity index (χ0) is 24.9. The van der Waals surface area contributed by atoms with Crippen molar-refractivity contribution in [3.05, 3.63) is 0 Å². The molecule has 196 valence electrons. The Balaban J connectivity index is 2.68. The average Bonchev–Trinajstić information content (AvgIpc) is 2.79. The van der Waals surface area contributed by atoms with Gasteiger partial charge < -0.3 is 45.4 Å². The second-order valence-electron chi connectivity index (χ2n) is 9.08. The van der Waals surface area contributed by atoms with Crippen molar-refractivity contribution >= 4 is 5.91 Å². The number of aliphatic hydroxyl groups excluding tert-OH is 5. The molecule has 1 fully saturated rings. The quantitative estimate of drug-likeness (QED) is 0.141. The van der Waals surface area contributed by atoms with Gasteiger partial charge in [-0.2, -0.15) is 0 Å². The molecule has 10 heteroatoms. The smallest absolute Gasteiger partial charge is 0.220 e. The Morgan fingerprint density at radius 1 is 1.12 bits per heavy atom. The molecule has 0 bridgehead atoms. The first kappa shape index (κ1) is 30.2. The van der Waals surface area contributed by atoms with Gasteiger partial charge in [0.05, 0.1) is 32.0 Å². The number of carbonyl (C=O) groups is 1. The van der Waals surface area contributed by atoms with E-state index >= 15 is 0 Å². The molecule has 0 spiro atoms. The van der Waals surface area contributed by atoms with Crippen LogP contribution in [0, 0.1) is 0 Å². The lowest BCUT2D eigenvalue weighted by Gasteiger charge is -2.43. The van der Waals surface area contributed by atoms with Gasteiger partial charge in [0.25, 0.3) is 0 Å². The van der Waals surface area contributed by atoms with Gasteiger partial charge in [-0.05, 0) is 12.8 Å². The molecule has 0 saturated carbocycles. The second kappa shape index (κ2) is 15.9. The van der Waals surface area contributed by atoms with Crippen LogP contribution in [0.5, 0.6) is 0 Å². The molecule has 0 aliphatic carbocycles. The molecule has 1 heterocycles. The maximum absolute atomic E-state index is 12.4. The Bertz CT molecular complexity index is 538. The number of ether oxygens (including phenoxy) is 2. The van der Waals surface area contributed by atoms with Crippen LogP contribution >= 0.6 is 0 Å². The van der Waals surface area contributed by atoms with Crippen molar-refractivity contribution < 1.29 is 44.9 Å². The minimum atomic E-state index is -1.81. The van der Waals surface area contributed by atoms with Gasteiger partial charge in [-0.1, -0.05) is 52.4 Å². The van der Waals surface area contributed by atoms with Gasteiger partial charge in [0.15, 0.2) is 6.29 Å². The van der Waals surface area contributed by atoms with Crippen molar-refractivity contribution in [2.75, 3.05) is 19.8 Å². The fourth-order valence-corrected chi connectivity index (χ4v) is 4.00. The van der Waals surface area contributed by atoms with Gasteiger partial charge in [-0.3, -0.25) is 4.79 Å². The van der Waals surface area contributed by atoms with Crippen molar-refractivity contribution in [1.29, 1.82) is 0 Å². The van der Waals surface area contributed by atoms with Crippen LogP contribution in [0.1, 0.15) is 78.1 Å². The summed E-state index contributed by atoms with van der Waals surface area (Å²) in [5.41, 5.74) is -1.81. The Hall–Kier alpha value is -0.850. The molecule has 0 aromatic rings. The molecule has 0 aromatic carbocycles. The molecule has 7 N–H and O–H groups in total. The number of carbonyl (C=O) groups excluding carboxylic acids is 1. The molecule has 1 aliphatic rings. The molecule has 1 aliphatic heterocycles. The molecule has 1 rings (SSSR count). The lowest BCUT2D eigenvalue weighted by Crippen LogP contribution is -2.60. The number of amides is 1. The zero-order valence-corrected chi connectivity index (χ0v) is 20.1. The first-order chi connectivity index (χ1) is 15.7. The van der Waals surface area contributed by atoms with Crippen molar-refractivity contribution in [3.8, 4) is 0 Å². The van der Waals surface area contributed by atoms with Gasteiger partial charge in [0.2, 0.25) is 5.91 Å². The van der Waals surface area contributed by atoms with E-state index in [1.54, 1.807) is 0 Å². The molecule has 0 radical (unpaired) electrons. The molecule has 1 saturated heterocycles. The Kier molecular flexibility index (Phi) is 14.6. The SMILES string of the molecule is CCCCCCCCC(=O)N[C@@H](CO[C@H]1OC(CO)C(O)(CO)CC1O)[C@H](O)[C@H](O)CCC. The standard InChI is InChI=1S/C23H45NO9/c1-3-5-6-7-8-9-11-20(29)24-16(21(30)17(27)10-4-2)14-32-22-18(28)12-23(31,15-26)19(13-25)33-22/h16-19,21-22,25-28,30-31H,3-15H2,1-2H3,(H,24,29)/t16-,17+,18?,19?,21-,22-,23?/m0/s1. The summed E-state index contributed by atoms with van der Waals surface area (Å²) in [6, 6.07) is -0.943. The van der Waals surface area contributed by atoms with Gasteiger partial charge in [-0.15, -0.1) is 0 Å². The molecule has 3 unspecified atom stereocenters. The molecule has 7 atom stereocenters. The summed E-state index contributed by atoms with van der Waals surface area (Å²) < 4.78 is 11.0. The van der Waals surface area contributed by atoms with E-state index in [-0.39, 0.29) is 25.4 Å². The number of rotatable bonds is 17. The van der Waals surface area contributed by atoms with Crippen molar-refractivity contribution in [3.63, 3.8) is 0 Å². The molecular formula is C23H45NO9. The number of aliphatic hydroxyl groups is 6.